The number of unbranched alkanes of at least 4 members (excludes halogenated alkanes) is 3. The van der Waals surface area contributed by atoms with Crippen LogP contribution < -0.4 is 24.4 Å². The van der Waals surface area contributed by atoms with Crippen LogP contribution in [0.25, 0.3) is 0 Å². The fourth-order valence-electron chi connectivity index (χ4n) is 5.69. The molecule has 3 aliphatic rings. The Kier molecular flexibility index (Phi) is 7.38. The SMILES string of the molecule is CCCCCCOc1c(OC)cc(/C=N/Nc2nccs2)c2c1CN1CCc3cc4c(cc3C1C2)OCO4. The monoisotopic (exact) mass is 534 g/mol. The number of nitrogens with zero attached hydrogens (tertiary/aromatic N) is 3. The first-order valence-corrected chi connectivity index (χ1v) is 14.3. The largest absolute Gasteiger partial charge is 0.493 e. The molecular formula is C29H34N4O4S. The van der Waals surface area contributed by atoms with E-state index in [0.29, 0.717) is 13.4 Å². The average molecular weight is 535 g/mol. The third kappa shape index (κ3) is 4.92. The smallest absolute Gasteiger partial charge is 0.231 e. The zero-order valence-corrected chi connectivity index (χ0v) is 22.8. The van der Waals surface area contributed by atoms with E-state index in [4.69, 9.17) is 18.9 Å². The Balaban J connectivity index is 1.35. The van der Waals surface area contributed by atoms with Gasteiger partial charge in [0.15, 0.2) is 23.0 Å². The summed E-state index contributed by atoms with van der Waals surface area (Å²) in [5.41, 5.74) is 9.22. The molecule has 1 atom stereocenters. The van der Waals surface area contributed by atoms with E-state index in [9.17, 15) is 0 Å². The van der Waals surface area contributed by atoms with Crippen LogP contribution in [-0.2, 0) is 19.4 Å². The third-order valence-corrected chi connectivity index (χ3v) is 8.30. The van der Waals surface area contributed by atoms with Crippen molar-refractivity contribution >= 4 is 22.7 Å². The molecule has 9 heteroatoms. The Morgan fingerprint density at radius 2 is 2.08 bits per heavy atom. The molecule has 4 heterocycles. The Morgan fingerprint density at radius 1 is 1.18 bits per heavy atom. The van der Waals surface area contributed by atoms with Crippen molar-refractivity contribution in [2.24, 2.45) is 5.10 Å². The first-order valence-electron chi connectivity index (χ1n) is 13.5. The summed E-state index contributed by atoms with van der Waals surface area (Å²) in [7, 11) is 1.71. The van der Waals surface area contributed by atoms with Crippen LogP contribution in [0.3, 0.4) is 0 Å². The molecule has 0 radical (unpaired) electrons. The number of rotatable bonds is 10. The summed E-state index contributed by atoms with van der Waals surface area (Å²) >= 11 is 1.52. The summed E-state index contributed by atoms with van der Waals surface area (Å²) < 4.78 is 23.7. The Bertz CT molecular complexity index is 1310. The predicted octanol–water partition coefficient (Wildman–Crippen LogP) is 5.94. The molecule has 3 aliphatic heterocycles. The topological polar surface area (TPSA) is 77.4 Å². The highest BCUT2D eigenvalue weighted by Crippen LogP contribution is 2.47. The Labute approximate surface area is 227 Å². The van der Waals surface area contributed by atoms with E-state index in [0.717, 1.165) is 66.0 Å². The predicted molar refractivity (Wildman–Crippen MR) is 149 cm³/mol. The van der Waals surface area contributed by atoms with Crippen molar-refractivity contribution in [3.05, 3.63) is 57.6 Å². The van der Waals surface area contributed by atoms with Crippen molar-refractivity contribution in [3.63, 3.8) is 0 Å². The molecule has 6 rings (SSSR count). The van der Waals surface area contributed by atoms with Gasteiger partial charge in [-0.2, -0.15) is 5.10 Å². The molecule has 0 saturated heterocycles. The van der Waals surface area contributed by atoms with E-state index in [1.54, 1.807) is 13.3 Å². The summed E-state index contributed by atoms with van der Waals surface area (Å²) in [6.07, 6.45) is 10.1. The maximum atomic E-state index is 6.44. The van der Waals surface area contributed by atoms with Gasteiger partial charge >= 0.3 is 0 Å². The molecule has 0 aliphatic carbocycles. The molecule has 1 aromatic heterocycles. The summed E-state index contributed by atoms with van der Waals surface area (Å²) in [5.74, 6) is 3.34. The van der Waals surface area contributed by atoms with E-state index in [1.165, 1.54) is 52.9 Å². The van der Waals surface area contributed by atoms with Gasteiger partial charge in [0.1, 0.15) is 0 Å². The highest BCUT2D eigenvalue weighted by molar-refractivity contribution is 7.13. The minimum atomic E-state index is 0.255. The number of methoxy groups -OCH3 is 1. The number of fused-ring (bicyclic) bond motifs is 5. The average Bonchev–Trinajstić information content (AvgIpc) is 3.63. The zero-order chi connectivity index (χ0) is 25.9. The Morgan fingerprint density at radius 3 is 2.89 bits per heavy atom. The van der Waals surface area contributed by atoms with Crippen LogP contribution in [0.2, 0.25) is 0 Å². The van der Waals surface area contributed by atoms with Crippen molar-refractivity contribution in [3.8, 4) is 23.0 Å². The van der Waals surface area contributed by atoms with E-state index < -0.39 is 0 Å². The lowest BCUT2D eigenvalue weighted by Crippen LogP contribution is -2.40. The van der Waals surface area contributed by atoms with Crippen molar-refractivity contribution in [1.29, 1.82) is 0 Å². The molecule has 38 heavy (non-hydrogen) atoms. The van der Waals surface area contributed by atoms with E-state index in [2.05, 4.69) is 45.5 Å². The number of thiazole rings is 1. The van der Waals surface area contributed by atoms with Crippen LogP contribution in [0.15, 0.2) is 34.9 Å². The van der Waals surface area contributed by atoms with Crippen LogP contribution in [0.4, 0.5) is 5.13 Å². The molecule has 1 N–H and O–H groups in total. The van der Waals surface area contributed by atoms with Gasteiger partial charge in [-0.15, -0.1) is 11.3 Å². The molecule has 2 aromatic carbocycles. The molecule has 0 spiro atoms. The van der Waals surface area contributed by atoms with Crippen LogP contribution in [-0.4, -0.2) is 43.2 Å². The van der Waals surface area contributed by atoms with E-state index >= 15 is 0 Å². The summed E-state index contributed by atoms with van der Waals surface area (Å²) in [6, 6.07) is 6.67. The van der Waals surface area contributed by atoms with E-state index in [1.807, 2.05) is 11.6 Å². The van der Waals surface area contributed by atoms with Crippen LogP contribution >= 0.6 is 11.3 Å². The second kappa shape index (κ2) is 11.2. The molecule has 0 amide bonds. The van der Waals surface area contributed by atoms with E-state index in [-0.39, 0.29) is 6.04 Å². The first-order chi connectivity index (χ1) is 18.7. The number of anilines is 1. The minimum absolute atomic E-state index is 0.255. The number of ether oxygens (including phenoxy) is 4. The molecule has 0 bridgehead atoms. The number of hydrogen-bond acceptors (Lipinski definition) is 9. The number of aromatic nitrogens is 1. The molecule has 3 aromatic rings. The van der Waals surface area contributed by atoms with Crippen molar-refractivity contribution in [2.75, 3.05) is 32.5 Å². The molecule has 8 nitrogen and oxygen atoms in total. The molecule has 200 valence electrons. The second-order valence-electron chi connectivity index (χ2n) is 9.92. The first kappa shape index (κ1) is 25.0. The standard InChI is InChI=1S/C29H34N4O4S/c1-3-4-5-6-10-35-28-23-17-33-9-7-19-12-25-26(37-18-36-25)15-22(19)24(33)14-21(23)20(13-27(28)34-2)16-31-32-29-30-8-11-38-29/h8,11-13,15-16,24H,3-7,9-10,14,17-18H2,1-2H3,(H,30,32)/b31-16+. The summed E-state index contributed by atoms with van der Waals surface area (Å²) in [5, 5.41) is 7.20. The Hall–Kier alpha value is -3.30. The third-order valence-electron chi connectivity index (χ3n) is 7.62. The maximum absolute atomic E-state index is 6.44. The molecule has 0 fully saturated rings. The number of hydrogen-bond donors (Lipinski definition) is 1. The number of nitrogens with one attached hydrogen (secondary N) is 1. The van der Waals surface area contributed by atoms with Crippen LogP contribution in [0.5, 0.6) is 23.0 Å². The number of hydrazone groups is 1. The summed E-state index contributed by atoms with van der Waals surface area (Å²) in [6.45, 7) is 5.00. The van der Waals surface area contributed by atoms with Gasteiger partial charge in [0, 0.05) is 41.8 Å². The summed E-state index contributed by atoms with van der Waals surface area (Å²) in [4.78, 5) is 6.83. The fourth-order valence-corrected chi connectivity index (χ4v) is 6.17. The lowest BCUT2D eigenvalue weighted by molar-refractivity contribution is 0.155. The van der Waals surface area contributed by atoms with Gasteiger partial charge in [-0.05, 0) is 54.2 Å². The second-order valence-corrected chi connectivity index (χ2v) is 10.8. The van der Waals surface area contributed by atoms with Gasteiger partial charge in [0.05, 0.1) is 19.9 Å². The lowest BCUT2D eigenvalue weighted by Gasteiger charge is -2.42. The number of benzene rings is 2. The molecular weight excluding hydrogens is 500 g/mol. The zero-order valence-electron chi connectivity index (χ0n) is 22.0. The van der Waals surface area contributed by atoms with Gasteiger partial charge in [0.25, 0.3) is 0 Å². The highest BCUT2D eigenvalue weighted by Gasteiger charge is 2.36. The fraction of sp³-hybridized carbons (Fsp3) is 0.448. The van der Waals surface area contributed by atoms with Gasteiger partial charge in [-0.3, -0.25) is 10.3 Å². The van der Waals surface area contributed by atoms with Gasteiger partial charge in [0.2, 0.25) is 11.9 Å². The normalized spacial score (nSPS) is 17.7. The van der Waals surface area contributed by atoms with Gasteiger partial charge < -0.3 is 18.9 Å². The van der Waals surface area contributed by atoms with Crippen LogP contribution in [0.1, 0.15) is 66.5 Å². The maximum Gasteiger partial charge on any atom is 0.231 e. The molecule has 0 saturated carbocycles. The van der Waals surface area contributed by atoms with Crippen molar-refractivity contribution in [2.45, 2.75) is 58.0 Å². The van der Waals surface area contributed by atoms with Crippen molar-refractivity contribution in [1.82, 2.24) is 9.88 Å². The quantitative estimate of drug-likeness (QED) is 0.196. The molecule has 1 unspecified atom stereocenters. The van der Waals surface area contributed by atoms with Gasteiger partial charge in [-0.25, -0.2) is 4.98 Å². The van der Waals surface area contributed by atoms with Crippen LogP contribution in [0, 0.1) is 0 Å². The van der Waals surface area contributed by atoms with Gasteiger partial charge in [-0.1, -0.05) is 26.2 Å². The van der Waals surface area contributed by atoms with Crippen molar-refractivity contribution < 1.29 is 18.9 Å². The minimum Gasteiger partial charge on any atom is -0.493 e. The lowest BCUT2D eigenvalue weighted by atomic mass is 9.82. The highest BCUT2D eigenvalue weighted by atomic mass is 32.1.